The molecule has 4 aromatic rings. The molecule has 0 radical (unpaired) electrons. The van der Waals surface area contributed by atoms with Crippen molar-refractivity contribution in [1.82, 2.24) is 14.6 Å². The van der Waals surface area contributed by atoms with Crippen molar-refractivity contribution in [2.45, 2.75) is 0 Å². The van der Waals surface area contributed by atoms with E-state index < -0.39 is 0 Å². The second kappa shape index (κ2) is 5.78. The Hall–Kier alpha value is -3.38. The highest BCUT2D eigenvalue weighted by molar-refractivity contribution is 5.64. The van der Waals surface area contributed by atoms with Crippen molar-refractivity contribution in [3.8, 4) is 23.1 Å². The zero-order valence-corrected chi connectivity index (χ0v) is 12.3. The van der Waals surface area contributed by atoms with Crippen LogP contribution in [0.25, 0.3) is 16.9 Å². The van der Waals surface area contributed by atoms with Crippen LogP contribution in [0.1, 0.15) is 11.3 Å². The van der Waals surface area contributed by atoms with Gasteiger partial charge in [-0.05, 0) is 24.1 Å². The van der Waals surface area contributed by atoms with Crippen molar-refractivity contribution in [2.24, 2.45) is 0 Å². The van der Waals surface area contributed by atoms with Gasteiger partial charge in [-0.1, -0.05) is 54.5 Å². The molecule has 2 heterocycles. The molecule has 0 aliphatic heterocycles. The van der Waals surface area contributed by atoms with Gasteiger partial charge in [-0.2, -0.15) is 5.10 Å². The minimum atomic E-state index is 0.737. The van der Waals surface area contributed by atoms with Crippen LogP contribution in [0.2, 0.25) is 0 Å². The van der Waals surface area contributed by atoms with Crippen molar-refractivity contribution in [1.29, 1.82) is 0 Å². The van der Waals surface area contributed by atoms with Gasteiger partial charge in [0.1, 0.15) is 5.69 Å². The third-order valence-corrected chi connectivity index (χ3v) is 3.50. The molecule has 0 bridgehead atoms. The molecule has 0 aliphatic rings. The molecule has 108 valence electrons. The van der Waals surface area contributed by atoms with Crippen molar-refractivity contribution < 1.29 is 0 Å². The minimum Gasteiger partial charge on any atom is -0.222 e. The summed E-state index contributed by atoms with van der Waals surface area (Å²) in [5.41, 5.74) is 4.50. The quantitative estimate of drug-likeness (QED) is 0.500. The fraction of sp³-hybridized carbons (Fsp3) is 0. The normalized spacial score (nSPS) is 10.3. The van der Waals surface area contributed by atoms with E-state index in [2.05, 4.69) is 21.9 Å². The first-order chi connectivity index (χ1) is 11.4. The van der Waals surface area contributed by atoms with Gasteiger partial charge < -0.3 is 0 Å². The van der Waals surface area contributed by atoms with E-state index in [1.54, 1.807) is 4.52 Å². The van der Waals surface area contributed by atoms with E-state index in [4.69, 9.17) is 0 Å². The van der Waals surface area contributed by atoms with Gasteiger partial charge in [0.05, 0.1) is 5.69 Å². The Morgan fingerprint density at radius 3 is 2.30 bits per heavy atom. The number of fused-ring (bicyclic) bond motifs is 1. The van der Waals surface area contributed by atoms with Gasteiger partial charge in [0, 0.05) is 23.4 Å². The maximum absolute atomic E-state index is 4.56. The van der Waals surface area contributed by atoms with Gasteiger partial charge in [0.15, 0.2) is 5.65 Å². The molecule has 0 saturated carbocycles. The molecule has 0 fully saturated rings. The van der Waals surface area contributed by atoms with Crippen LogP contribution in [-0.2, 0) is 0 Å². The Labute approximate surface area is 134 Å². The molecule has 0 saturated heterocycles. The predicted octanol–water partition coefficient (Wildman–Crippen LogP) is 3.80. The number of rotatable bonds is 1. The monoisotopic (exact) mass is 295 g/mol. The lowest BCUT2D eigenvalue weighted by molar-refractivity contribution is 0.940. The summed E-state index contributed by atoms with van der Waals surface area (Å²) in [6.07, 6.45) is 1.89. The first kappa shape index (κ1) is 13.3. The van der Waals surface area contributed by atoms with E-state index in [-0.39, 0.29) is 0 Å². The second-order valence-corrected chi connectivity index (χ2v) is 5.13. The lowest BCUT2D eigenvalue weighted by atomic mass is 10.2. The molecule has 0 spiro atoms. The topological polar surface area (TPSA) is 30.2 Å². The van der Waals surface area contributed by atoms with Gasteiger partial charge in [-0.25, -0.2) is 9.50 Å². The molecule has 3 nitrogen and oxygen atoms in total. The van der Waals surface area contributed by atoms with Crippen molar-refractivity contribution in [3.63, 3.8) is 0 Å². The van der Waals surface area contributed by atoms with Crippen LogP contribution >= 0.6 is 0 Å². The highest BCUT2D eigenvalue weighted by Crippen LogP contribution is 2.18. The van der Waals surface area contributed by atoms with Crippen LogP contribution in [-0.4, -0.2) is 14.6 Å². The van der Waals surface area contributed by atoms with Crippen LogP contribution in [0.4, 0.5) is 0 Å². The Morgan fingerprint density at radius 2 is 1.52 bits per heavy atom. The zero-order chi connectivity index (χ0) is 15.5. The molecule has 2 aromatic heterocycles. The van der Waals surface area contributed by atoms with Gasteiger partial charge in [-0.3, -0.25) is 0 Å². The summed E-state index contributed by atoms with van der Waals surface area (Å²) in [5, 5.41) is 4.55. The van der Waals surface area contributed by atoms with E-state index >= 15 is 0 Å². The summed E-state index contributed by atoms with van der Waals surface area (Å²) >= 11 is 0. The smallest absolute Gasteiger partial charge is 0.157 e. The highest BCUT2D eigenvalue weighted by Gasteiger charge is 2.05. The average Bonchev–Trinajstić information content (AvgIpc) is 3.05. The molecular formula is C20H13N3. The number of nitrogens with zero attached hydrogens (tertiary/aromatic N) is 3. The van der Waals surface area contributed by atoms with Crippen molar-refractivity contribution in [2.75, 3.05) is 0 Å². The number of aromatic nitrogens is 3. The summed E-state index contributed by atoms with van der Waals surface area (Å²) < 4.78 is 1.77. The molecule has 0 aliphatic carbocycles. The molecule has 0 atom stereocenters. The molecule has 0 unspecified atom stereocenters. The van der Waals surface area contributed by atoms with E-state index in [1.807, 2.05) is 79.0 Å². The Balaban J connectivity index is 1.70. The summed E-state index contributed by atoms with van der Waals surface area (Å²) in [5.74, 6) is 6.22. The van der Waals surface area contributed by atoms with Crippen LogP contribution in [0.3, 0.4) is 0 Å². The van der Waals surface area contributed by atoms with E-state index in [9.17, 15) is 0 Å². The van der Waals surface area contributed by atoms with Gasteiger partial charge in [0.2, 0.25) is 0 Å². The molecule has 4 rings (SSSR count). The van der Waals surface area contributed by atoms with E-state index in [1.165, 1.54) is 0 Å². The van der Waals surface area contributed by atoms with Gasteiger partial charge >= 0.3 is 0 Å². The maximum Gasteiger partial charge on any atom is 0.157 e. The summed E-state index contributed by atoms with van der Waals surface area (Å²) in [4.78, 5) is 4.56. The first-order valence-electron chi connectivity index (χ1n) is 7.37. The Morgan fingerprint density at radius 1 is 0.783 bits per heavy atom. The summed E-state index contributed by atoms with van der Waals surface area (Å²) in [6, 6.07) is 23.8. The molecule has 2 aromatic carbocycles. The molecular weight excluding hydrogens is 282 g/mol. The molecule has 3 heteroatoms. The largest absolute Gasteiger partial charge is 0.222 e. The predicted molar refractivity (Wildman–Crippen MR) is 90.8 cm³/mol. The number of hydrogen-bond donors (Lipinski definition) is 0. The van der Waals surface area contributed by atoms with Crippen LogP contribution in [0, 0.1) is 11.8 Å². The average molecular weight is 295 g/mol. The lowest BCUT2D eigenvalue weighted by Crippen LogP contribution is -1.91. The van der Waals surface area contributed by atoms with E-state index in [0.29, 0.717) is 0 Å². The van der Waals surface area contributed by atoms with Crippen LogP contribution in [0.5, 0.6) is 0 Å². The maximum atomic E-state index is 4.56. The summed E-state index contributed by atoms with van der Waals surface area (Å²) in [7, 11) is 0. The second-order valence-electron chi connectivity index (χ2n) is 5.13. The van der Waals surface area contributed by atoms with E-state index in [0.717, 1.165) is 28.2 Å². The number of hydrogen-bond acceptors (Lipinski definition) is 2. The molecule has 0 amide bonds. The van der Waals surface area contributed by atoms with Gasteiger partial charge in [0.25, 0.3) is 0 Å². The lowest BCUT2D eigenvalue weighted by Gasteiger charge is -1.93. The standard InChI is InChI=1S/C20H13N3/c1-3-7-16(8-4-1)11-12-18-13-14-23-20(21-18)15-19(22-23)17-9-5-2-6-10-17/h1-10,13-15H. The minimum absolute atomic E-state index is 0.737. The highest BCUT2D eigenvalue weighted by atomic mass is 15.2. The fourth-order valence-electron chi connectivity index (χ4n) is 2.36. The van der Waals surface area contributed by atoms with Crippen LogP contribution in [0.15, 0.2) is 79.0 Å². The third-order valence-electron chi connectivity index (χ3n) is 3.50. The SMILES string of the molecule is C(#Cc1ccn2nc(-c3ccccc3)cc2n1)c1ccccc1. The Bertz CT molecular complexity index is 1010. The Kier molecular flexibility index (Phi) is 3.34. The van der Waals surface area contributed by atoms with Crippen molar-refractivity contribution in [3.05, 3.63) is 90.3 Å². The number of benzene rings is 2. The zero-order valence-electron chi connectivity index (χ0n) is 12.3. The first-order valence-corrected chi connectivity index (χ1v) is 7.37. The van der Waals surface area contributed by atoms with Gasteiger partial charge in [-0.15, -0.1) is 0 Å². The molecule has 23 heavy (non-hydrogen) atoms. The third kappa shape index (κ3) is 2.83. The summed E-state index contributed by atoms with van der Waals surface area (Å²) in [6.45, 7) is 0. The fourth-order valence-corrected chi connectivity index (χ4v) is 2.36. The van der Waals surface area contributed by atoms with Crippen molar-refractivity contribution >= 4 is 5.65 Å². The van der Waals surface area contributed by atoms with Crippen LogP contribution < -0.4 is 0 Å². The molecule has 0 N–H and O–H groups in total.